The molecule has 0 aliphatic heterocycles. The average molecular weight is 196 g/mol. The van der Waals surface area contributed by atoms with Crippen molar-refractivity contribution in [2.24, 2.45) is 0 Å². The molecule has 0 bridgehead atoms. The predicted molar refractivity (Wildman–Crippen MR) is 61.9 cm³/mol. The van der Waals surface area contributed by atoms with Gasteiger partial charge in [-0.25, -0.2) is 0 Å². The fourth-order valence-electron chi connectivity index (χ4n) is 0.921. The average Bonchev–Trinajstić information content (AvgIpc) is 2.15. The second-order valence-electron chi connectivity index (χ2n) is 3.10. The Morgan fingerprint density at radius 1 is 1.14 bits per heavy atom. The number of nitrogens with two attached hydrogens (primary N) is 2. The summed E-state index contributed by atoms with van der Waals surface area (Å²) in [4.78, 5) is 0. The molecule has 3 heteroatoms. The monoisotopic (exact) mass is 196 g/mol. The predicted octanol–water partition coefficient (Wildman–Crippen LogP) is 2.02. The zero-order valence-corrected chi connectivity index (χ0v) is 8.74. The largest absolute Gasteiger partial charge is 0.399 e. The lowest BCUT2D eigenvalue weighted by Gasteiger charge is -1.91. The van der Waals surface area contributed by atoms with Crippen molar-refractivity contribution in [1.82, 2.24) is 0 Å². The Labute approximate surface area is 85.7 Å². The summed E-state index contributed by atoms with van der Waals surface area (Å²) in [5, 5.41) is 8.20. The summed E-state index contributed by atoms with van der Waals surface area (Å²) in [6.45, 7) is 2.48. The van der Waals surface area contributed by atoms with Crippen LogP contribution >= 0.6 is 0 Å². The summed E-state index contributed by atoms with van der Waals surface area (Å²) < 4.78 is 0. The van der Waals surface area contributed by atoms with Gasteiger partial charge in [-0.3, -0.25) is 0 Å². The molecular formula is C11H20N2O. The molecule has 80 valence electrons. The Morgan fingerprint density at radius 3 is 1.93 bits per heavy atom. The minimum absolute atomic E-state index is 0.355. The van der Waals surface area contributed by atoms with Crippen molar-refractivity contribution in [1.29, 1.82) is 0 Å². The van der Waals surface area contributed by atoms with Crippen molar-refractivity contribution < 1.29 is 5.11 Å². The van der Waals surface area contributed by atoms with Gasteiger partial charge in [0.05, 0.1) is 0 Å². The number of benzene rings is 1. The fourth-order valence-corrected chi connectivity index (χ4v) is 0.921. The van der Waals surface area contributed by atoms with Crippen LogP contribution in [0.25, 0.3) is 0 Å². The Bertz CT molecular complexity index is 217. The van der Waals surface area contributed by atoms with Crippen LogP contribution in [-0.2, 0) is 0 Å². The lowest BCUT2D eigenvalue weighted by molar-refractivity contribution is 0.284. The summed E-state index contributed by atoms with van der Waals surface area (Å²) in [5.41, 5.74) is 12.2. The van der Waals surface area contributed by atoms with Crippen molar-refractivity contribution in [3.05, 3.63) is 24.3 Å². The molecule has 0 fully saturated rings. The normalized spacial score (nSPS) is 9.00. The van der Waals surface area contributed by atoms with E-state index in [4.69, 9.17) is 16.6 Å². The highest BCUT2D eigenvalue weighted by Crippen LogP contribution is 2.06. The molecule has 0 aromatic heterocycles. The van der Waals surface area contributed by atoms with Crippen LogP contribution in [0.5, 0.6) is 0 Å². The van der Waals surface area contributed by atoms with Gasteiger partial charge in [0.25, 0.3) is 0 Å². The second-order valence-corrected chi connectivity index (χ2v) is 3.10. The number of unbranched alkanes of at least 4 members (excludes halogenated alkanes) is 2. The van der Waals surface area contributed by atoms with Crippen molar-refractivity contribution in [3.8, 4) is 0 Å². The van der Waals surface area contributed by atoms with E-state index in [0.29, 0.717) is 18.0 Å². The lowest BCUT2D eigenvalue weighted by Crippen LogP contribution is -1.87. The first-order chi connectivity index (χ1) is 6.70. The fraction of sp³-hybridized carbons (Fsp3) is 0.455. The third-order valence-corrected chi connectivity index (χ3v) is 1.67. The van der Waals surface area contributed by atoms with Crippen LogP contribution < -0.4 is 11.5 Å². The molecule has 0 heterocycles. The molecule has 14 heavy (non-hydrogen) atoms. The Hall–Kier alpha value is -1.22. The molecule has 0 radical (unpaired) electrons. The van der Waals surface area contributed by atoms with E-state index in [0.717, 1.165) is 12.8 Å². The van der Waals surface area contributed by atoms with Gasteiger partial charge in [0, 0.05) is 18.0 Å². The maximum Gasteiger partial charge on any atom is 0.0431 e. The first-order valence-corrected chi connectivity index (χ1v) is 4.92. The van der Waals surface area contributed by atoms with Gasteiger partial charge in [-0.1, -0.05) is 25.8 Å². The van der Waals surface area contributed by atoms with Crippen molar-refractivity contribution in [3.63, 3.8) is 0 Å². The number of rotatable bonds is 3. The van der Waals surface area contributed by atoms with Gasteiger partial charge >= 0.3 is 0 Å². The molecule has 0 aliphatic rings. The molecule has 0 saturated heterocycles. The molecule has 3 nitrogen and oxygen atoms in total. The maximum atomic E-state index is 8.20. The second kappa shape index (κ2) is 8.38. The van der Waals surface area contributed by atoms with E-state index < -0.39 is 0 Å². The molecule has 5 N–H and O–H groups in total. The minimum atomic E-state index is 0.355. The zero-order chi connectivity index (χ0) is 10.8. The van der Waals surface area contributed by atoms with E-state index in [1.165, 1.54) is 6.42 Å². The molecule has 0 unspecified atom stereocenters. The molecule has 1 aromatic carbocycles. The summed E-state index contributed by atoms with van der Waals surface area (Å²) in [7, 11) is 0. The summed E-state index contributed by atoms with van der Waals surface area (Å²) in [6.07, 6.45) is 3.33. The third-order valence-electron chi connectivity index (χ3n) is 1.67. The Morgan fingerprint density at radius 2 is 1.71 bits per heavy atom. The quantitative estimate of drug-likeness (QED) is 0.511. The van der Waals surface area contributed by atoms with E-state index in [1.807, 2.05) is 6.07 Å². The number of aliphatic hydroxyl groups is 1. The number of nitrogen functional groups attached to an aromatic ring is 2. The van der Waals surface area contributed by atoms with E-state index >= 15 is 0 Å². The first-order valence-electron chi connectivity index (χ1n) is 4.92. The van der Waals surface area contributed by atoms with Gasteiger partial charge in [0.2, 0.25) is 0 Å². The summed E-state index contributed by atoms with van der Waals surface area (Å²) >= 11 is 0. The highest BCUT2D eigenvalue weighted by atomic mass is 16.2. The van der Waals surface area contributed by atoms with Crippen LogP contribution in [0.1, 0.15) is 26.2 Å². The van der Waals surface area contributed by atoms with E-state index in [9.17, 15) is 0 Å². The number of aliphatic hydroxyl groups excluding tert-OH is 1. The van der Waals surface area contributed by atoms with Gasteiger partial charge in [-0.2, -0.15) is 0 Å². The van der Waals surface area contributed by atoms with Gasteiger partial charge < -0.3 is 16.6 Å². The topological polar surface area (TPSA) is 72.3 Å². The van der Waals surface area contributed by atoms with Crippen LogP contribution in [0.3, 0.4) is 0 Å². The van der Waals surface area contributed by atoms with Crippen LogP contribution in [0.2, 0.25) is 0 Å². The van der Waals surface area contributed by atoms with Crippen molar-refractivity contribution >= 4 is 11.4 Å². The minimum Gasteiger partial charge on any atom is -0.399 e. The molecule has 1 aromatic rings. The van der Waals surface area contributed by atoms with Crippen LogP contribution in [0.4, 0.5) is 11.4 Å². The van der Waals surface area contributed by atoms with Crippen molar-refractivity contribution in [2.45, 2.75) is 26.2 Å². The molecule has 0 amide bonds. The smallest absolute Gasteiger partial charge is 0.0431 e. The Kier molecular flexibility index (Phi) is 7.65. The van der Waals surface area contributed by atoms with Gasteiger partial charge in [-0.15, -0.1) is 0 Å². The van der Waals surface area contributed by atoms with Crippen LogP contribution in [0, 0.1) is 0 Å². The van der Waals surface area contributed by atoms with E-state index in [-0.39, 0.29) is 0 Å². The highest BCUT2D eigenvalue weighted by Gasteiger charge is 1.81. The maximum absolute atomic E-state index is 8.20. The zero-order valence-electron chi connectivity index (χ0n) is 8.74. The highest BCUT2D eigenvalue weighted by molar-refractivity contribution is 5.50. The molecular weight excluding hydrogens is 176 g/mol. The number of anilines is 2. The first kappa shape index (κ1) is 12.8. The van der Waals surface area contributed by atoms with Gasteiger partial charge in [-0.05, 0) is 24.6 Å². The number of hydrogen-bond acceptors (Lipinski definition) is 3. The molecule has 1 rings (SSSR count). The molecule has 0 saturated carbocycles. The molecule has 0 spiro atoms. The summed E-state index contributed by atoms with van der Waals surface area (Å²) in [5.74, 6) is 0. The Balaban J connectivity index is 0.000000255. The lowest BCUT2D eigenvalue weighted by atomic mass is 10.3. The van der Waals surface area contributed by atoms with Gasteiger partial charge in [0.15, 0.2) is 0 Å². The SMILES string of the molecule is CCCCCO.Nc1cccc(N)c1. The van der Waals surface area contributed by atoms with Crippen molar-refractivity contribution in [2.75, 3.05) is 18.1 Å². The van der Waals surface area contributed by atoms with Crippen LogP contribution in [-0.4, -0.2) is 11.7 Å². The molecule has 0 atom stereocenters. The molecule has 0 aliphatic carbocycles. The van der Waals surface area contributed by atoms with Gasteiger partial charge in [0.1, 0.15) is 0 Å². The standard InChI is InChI=1S/C6H8N2.C5H12O/c7-5-2-1-3-6(8)4-5;1-2-3-4-5-6/h1-4H,7-8H2;6H,2-5H2,1H3. The van der Waals surface area contributed by atoms with E-state index in [2.05, 4.69) is 6.92 Å². The van der Waals surface area contributed by atoms with Crippen LogP contribution in [0.15, 0.2) is 24.3 Å². The number of hydrogen-bond donors (Lipinski definition) is 3. The third kappa shape index (κ3) is 7.43. The summed E-state index contributed by atoms with van der Waals surface area (Å²) in [6, 6.07) is 7.15. The van der Waals surface area contributed by atoms with E-state index in [1.54, 1.807) is 18.2 Å².